The van der Waals surface area contributed by atoms with Crippen LogP contribution in [0.4, 0.5) is 12.9 Å². The van der Waals surface area contributed by atoms with Crippen molar-refractivity contribution < 1.29 is 69.1 Å². The number of hydrogen-bond acceptors (Lipinski definition) is 1. The van der Waals surface area contributed by atoms with Crippen LogP contribution in [0.3, 0.4) is 0 Å². The molecule has 1 nitrogen and oxygen atoms in total. The van der Waals surface area contributed by atoms with E-state index in [9.17, 15) is 12.9 Å². The Hall–Kier alpha value is 1.45. The standard InChI is InChI=1S/C7H13BF3O.K/c1-12-7-4-2-6(3-5-7)8(9,10)11;/h6-7H,2-5H2,1H3;/q-1;+1. The maximum Gasteiger partial charge on any atom is 1.00 e. The SMILES string of the molecule is COC1CCC([B-](F)(F)F)CC1.[K+]. The largest absolute Gasteiger partial charge is 1.00 e. The smallest absolute Gasteiger partial charge is 0.449 e. The second-order valence-corrected chi connectivity index (χ2v) is 3.40. The summed E-state index contributed by atoms with van der Waals surface area (Å²) in [7, 11) is 1.56. The average molecular weight is 220 g/mol. The molecule has 0 aliphatic heterocycles. The Labute approximate surface area is 119 Å². The van der Waals surface area contributed by atoms with Gasteiger partial charge in [-0.05, 0) is 12.8 Å². The van der Waals surface area contributed by atoms with Gasteiger partial charge in [-0.15, -0.1) is 0 Å². The molecule has 0 N–H and O–H groups in total. The molecule has 1 fully saturated rings. The van der Waals surface area contributed by atoms with Crippen molar-refractivity contribution in [2.75, 3.05) is 7.11 Å². The molecule has 0 radical (unpaired) electrons. The Morgan fingerprint density at radius 1 is 1.08 bits per heavy atom. The van der Waals surface area contributed by atoms with Crippen molar-refractivity contribution in [3.63, 3.8) is 0 Å². The van der Waals surface area contributed by atoms with Crippen LogP contribution in [0.5, 0.6) is 0 Å². The monoisotopic (exact) mass is 220 g/mol. The van der Waals surface area contributed by atoms with Gasteiger partial charge < -0.3 is 17.7 Å². The van der Waals surface area contributed by atoms with E-state index >= 15 is 0 Å². The number of hydrogen-bond donors (Lipinski definition) is 0. The Balaban J connectivity index is 0.00000144. The summed E-state index contributed by atoms with van der Waals surface area (Å²) in [5, 5.41) is 0. The van der Waals surface area contributed by atoms with Crippen molar-refractivity contribution in [2.24, 2.45) is 0 Å². The molecule has 1 rings (SSSR count). The Morgan fingerprint density at radius 2 is 1.54 bits per heavy atom. The van der Waals surface area contributed by atoms with Crippen molar-refractivity contribution >= 4 is 6.98 Å². The molecule has 0 heterocycles. The van der Waals surface area contributed by atoms with Crippen LogP contribution < -0.4 is 51.4 Å². The molecule has 0 aromatic carbocycles. The quantitative estimate of drug-likeness (QED) is 0.585. The zero-order chi connectivity index (χ0) is 9.19. The minimum atomic E-state index is -4.61. The van der Waals surface area contributed by atoms with Gasteiger partial charge in [0.05, 0.1) is 6.10 Å². The van der Waals surface area contributed by atoms with E-state index in [0.717, 1.165) is 0 Å². The van der Waals surface area contributed by atoms with Crippen molar-refractivity contribution in [1.29, 1.82) is 0 Å². The zero-order valence-corrected chi connectivity index (χ0v) is 11.2. The molecule has 6 heteroatoms. The van der Waals surface area contributed by atoms with Crippen LogP contribution in [-0.4, -0.2) is 20.2 Å². The summed E-state index contributed by atoms with van der Waals surface area (Å²) >= 11 is 0. The van der Waals surface area contributed by atoms with Gasteiger partial charge in [-0.25, -0.2) is 0 Å². The van der Waals surface area contributed by atoms with E-state index < -0.39 is 12.8 Å². The maximum atomic E-state index is 12.2. The molecular weight excluding hydrogens is 207 g/mol. The van der Waals surface area contributed by atoms with Crippen molar-refractivity contribution in [3.05, 3.63) is 0 Å². The fourth-order valence-corrected chi connectivity index (χ4v) is 1.70. The first kappa shape index (κ1) is 14.5. The van der Waals surface area contributed by atoms with Crippen molar-refractivity contribution in [3.8, 4) is 0 Å². The van der Waals surface area contributed by atoms with Gasteiger partial charge in [-0.3, -0.25) is 0 Å². The minimum Gasteiger partial charge on any atom is -0.449 e. The van der Waals surface area contributed by atoms with Gasteiger partial charge in [0.15, 0.2) is 0 Å². The van der Waals surface area contributed by atoms with E-state index in [-0.39, 0.29) is 70.3 Å². The second-order valence-electron chi connectivity index (χ2n) is 3.40. The zero-order valence-electron chi connectivity index (χ0n) is 8.10. The fraction of sp³-hybridized carbons (Fsp3) is 1.00. The number of methoxy groups -OCH3 is 1. The normalized spacial score (nSPS) is 29.5. The summed E-state index contributed by atoms with van der Waals surface area (Å²) in [5.41, 5.74) is 0. The number of ether oxygens (including phenoxy) is 1. The number of halogens is 3. The van der Waals surface area contributed by atoms with Gasteiger partial charge in [0.25, 0.3) is 0 Å². The fourth-order valence-electron chi connectivity index (χ4n) is 1.70. The first-order valence-electron chi connectivity index (χ1n) is 4.26. The predicted molar refractivity (Wildman–Crippen MR) is 42.1 cm³/mol. The molecule has 1 saturated carbocycles. The third-order valence-corrected chi connectivity index (χ3v) is 2.59. The third kappa shape index (κ3) is 4.66. The van der Waals surface area contributed by atoms with Crippen LogP contribution in [0.15, 0.2) is 0 Å². The van der Waals surface area contributed by atoms with E-state index in [1.54, 1.807) is 7.11 Å². The topological polar surface area (TPSA) is 9.23 Å². The minimum absolute atomic E-state index is 0. The molecule has 0 aromatic heterocycles. The van der Waals surface area contributed by atoms with Crippen molar-refractivity contribution in [2.45, 2.75) is 37.6 Å². The molecule has 0 unspecified atom stereocenters. The van der Waals surface area contributed by atoms with E-state index in [2.05, 4.69) is 0 Å². The molecule has 0 aromatic rings. The summed E-state index contributed by atoms with van der Waals surface area (Å²) < 4.78 is 41.6. The van der Waals surface area contributed by atoms with Gasteiger partial charge >= 0.3 is 58.4 Å². The van der Waals surface area contributed by atoms with E-state index in [1.165, 1.54) is 0 Å². The Morgan fingerprint density at radius 3 is 1.85 bits per heavy atom. The first-order valence-corrected chi connectivity index (χ1v) is 4.26. The van der Waals surface area contributed by atoms with Crippen molar-refractivity contribution in [1.82, 2.24) is 0 Å². The molecule has 0 spiro atoms. The predicted octanol–water partition coefficient (Wildman–Crippen LogP) is -0.203. The van der Waals surface area contributed by atoms with Gasteiger partial charge in [-0.1, -0.05) is 18.7 Å². The maximum absolute atomic E-state index is 12.2. The summed E-state index contributed by atoms with van der Waals surface area (Å²) in [6.45, 7) is -4.61. The summed E-state index contributed by atoms with van der Waals surface area (Å²) in [5.74, 6) is -1.03. The van der Waals surface area contributed by atoms with Gasteiger partial charge in [-0.2, -0.15) is 0 Å². The summed E-state index contributed by atoms with van der Waals surface area (Å²) in [4.78, 5) is 0. The first-order chi connectivity index (χ1) is 5.54. The molecule has 72 valence electrons. The second kappa shape index (κ2) is 6.13. The third-order valence-electron chi connectivity index (χ3n) is 2.59. The molecule has 1 aliphatic rings. The van der Waals surface area contributed by atoms with E-state index in [4.69, 9.17) is 4.74 Å². The number of rotatable bonds is 2. The Bertz CT molecular complexity index is 145. The van der Waals surface area contributed by atoms with Gasteiger partial charge in [0, 0.05) is 7.11 Å². The molecular formula is C7H13BF3KO. The van der Waals surface area contributed by atoms with E-state index in [0.29, 0.717) is 12.8 Å². The van der Waals surface area contributed by atoms with Crippen LogP contribution in [0.1, 0.15) is 25.7 Å². The molecule has 0 atom stereocenters. The summed E-state index contributed by atoms with van der Waals surface area (Å²) in [6.07, 6.45) is 1.67. The van der Waals surface area contributed by atoms with Gasteiger partial charge in [0.1, 0.15) is 0 Å². The van der Waals surface area contributed by atoms with Crippen LogP contribution in [0, 0.1) is 0 Å². The van der Waals surface area contributed by atoms with E-state index in [1.807, 2.05) is 0 Å². The molecule has 0 saturated heterocycles. The van der Waals surface area contributed by atoms with Crippen LogP contribution in [0.2, 0.25) is 5.82 Å². The van der Waals surface area contributed by atoms with Gasteiger partial charge in [0.2, 0.25) is 0 Å². The van der Waals surface area contributed by atoms with Crippen LogP contribution >= 0.6 is 0 Å². The summed E-state index contributed by atoms with van der Waals surface area (Å²) in [6, 6.07) is 0. The van der Waals surface area contributed by atoms with Crippen LogP contribution in [0.25, 0.3) is 0 Å². The van der Waals surface area contributed by atoms with Crippen LogP contribution in [-0.2, 0) is 4.74 Å². The Kier molecular flexibility index (Phi) is 6.81. The molecule has 0 amide bonds. The molecule has 0 bridgehead atoms. The average Bonchev–Trinajstić information content (AvgIpc) is 2.03. The molecule has 1 aliphatic carbocycles. The molecule has 13 heavy (non-hydrogen) atoms.